The van der Waals surface area contributed by atoms with Gasteiger partial charge < -0.3 is 4.43 Å². The fourth-order valence-electron chi connectivity index (χ4n) is 2.26. The minimum atomic E-state index is -1.50. The first-order valence-corrected chi connectivity index (χ1v) is 13.8. The van der Waals surface area contributed by atoms with E-state index < -0.39 is 16.4 Å². The zero-order chi connectivity index (χ0) is 13.2. The molecule has 0 saturated heterocycles. The molecule has 0 aromatic rings. The second-order valence-electron chi connectivity index (χ2n) is 7.27. The molecule has 0 heterocycles. The summed E-state index contributed by atoms with van der Waals surface area (Å²) in [5.41, 5.74) is 3.45. The summed E-state index contributed by atoms with van der Waals surface area (Å²) in [6.45, 7) is 13.8. The summed E-state index contributed by atoms with van der Waals surface area (Å²) in [7, 11) is -2.79. The molecule has 0 spiro atoms. The molecule has 0 unspecified atom stereocenters. The van der Waals surface area contributed by atoms with E-state index in [9.17, 15) is 0 Å². The standard InChI is InChI=1S/C14H28OSi2/c1-16(2,3)13-12-14(15-17(4,5)6)10-8-7-9-11-14/h7-11H2,1-6H3. The summed E-state index contributed by atoms with van der Waals surface area (Å²) in [6, 6.07) is 0. The van der Waals surface area contributed by atoms with Crippen LogP contribution in [0.3, 0.4) is 0 Å². The van der Waals surface area contributed by atoms with E-state index in [1.807, 2.05) is 0 Å². The van der Waals surface area contributed by atoms with Gasteiger partial charge in [-0.3, -0.25) is 0 Å². The predicted octanol–water partition coefficient (Wildman–Crippen LogP) is 4.42. The van der Waals surface area contributed by atoms with Crippen LogP contribution in [0.2, 0.25) is 39.3 Å². The molecule has 3 heteroatoms. The second kappa shape index (κ2) is 5.30. The van der Waals surface area contributed by atoms with E-state index in [1.165, 1.54) is 19.3 Å². The van der Waals surface area contributed by atoms with Crippen LogP contribution in [0.4, 0.5) is 0 Å². The zero-order valence-electron chi connectivity index (χ0n) is 12.4. The van der Waals surface area contributed by atoms with Gasteiger partial charge in [0.1, 0.15) is 13.7 Å². The quantitative estimate of drug-likeness (QED) is 0.532. The maximum absolute atomic E-state index is 6.45. The van der Waals surface area contributed by atoms with E-state index in [0.29, 0.717) is 0 Å². The smallest absolute Gasteiger partial charge is 0.185 e. The van der Waals surface area contributed by atoms with Gasteiger partial charge in [-0.05, 0) is 45.3 Å². The fraction of sp³-hybridized carbons (Fsp3) is 0.857. The lowest BCUT2D eigenvalue weighted by Gasteiger charge is -2.38. The molecule has 0 atom stereocenters. The molecule has 98 valence electrons. The Balaban J connectivity index is 2.89. The van der Waals surface area contributed by atoms with Gasteiger partial charge in [0.25, 0.3) is 0 Å². The molecule has 17 heavy (non-hydrogen) atoms. The lowest BCUT2D eigenvalue weighted by molar-refractivity contribution is 0.0796. The van der Waals surface area contributed by atoms with Gasteiger partial charge in [-0.25, -0.2) is 0 Å². The molecule has 0 radical (unpaired) electrons. The third-order valence-electron chi connectivity index (χ3n) is 2.83. The first-order chi connectivity index (χ1) is 7.62. The van der Waals surface area contributed by atoms with Crippen molar-refractivity contribution in [2.75, 3.05) is 0 Å². The maximum Gasteiger partial charge on any atom is 0.185 e. The highest BCUT2D eigenvalue weighted by atomic mass is 28.4. The Morgan fingerprint density at radius 3 is 1.82 bits per heavy atom. The van der Waals surface area contributed by atoms with E-state index in [0.717, 1.165) is 12.8 Å². The molecular formula is C14H28OSi2. The topological polar surface area (TPSA) is 9.23 Å². The molecule has 1 rings (SSSR count). The minimum absolute atomic E-state index is 0.0942. The van der Waals surface area contributed by atoms with Crippen LogP contribution >= 0.6 is 0 Å². The summed E-state index contributed by atoms with van der Waals surface area (Å²) in [4.78, 5) is 0. The Morgan fingerprint density at radius 1 is 0.882 bits per heavy atom. The number of hydrogen-bond acceptors (Lipinski definition) is 1. The van der Waals surface area contributed by atoms with Crippen molar-refractivity contribution < 1.29 is 4.43 Å². The summed E-state index contributed by atoms with van der Waals surface area (Å²) >= 11 is 0. The van der Waals surface area contributed by atoms with Crippen molar-refractivity contribution in [2.45, 2.75) is 77.0 Å². The van der Waals surface area contributed by atoms with Crippen molar-refractivity contribution in [1.82, 2.24) is 0 Å². The highest BCUT2D eigenvalue weighted by Gasteiger charge is 2.35. The Morgan fingerprint density at radius 2 is 1.41 bits per heavy atom. The van der Waals surface area contributed by atoms with Gasteiger partial charge in [-0.1, -0.05) is 32.0 Å². The van der Waals surface area contributed by atoms with Crippen molar-refractivity contribution in [2.24, 2.45) is 0 Å². The Bertz CT molecular complexity index is 306. The van der Waals surface area contributed by atoms with Gasteiger partial charge in [0.05, 0.1) is 0 Å². The molecule has 1 fully saturated rings. The number of rotatable bonds is 2. The van der Waals surface area contributed by atoms with Gasteiger partial charge in [0.15, 0.2) is 8.32 Å². The highest BCUT2D eigenvalue weighted by Crippen LogP contribution is 2.33. The lowest BCUT2D eigenvalue weighted by atomic mass is 9.86. The van der Waals surface area contributed by atoms with Crippen molar-refractivity contribution in [1.29, 1.82) is 0 Å². The van der Waals surface area contributed by atoms with Crippen LogP contribution in [0.25, 0.3) is 0 Å². The first-order valence-electron chi connectivity index (χ1n) is 6.87. The van der Waals surface area contributed by atoms with Crippen molar-refractivity contribution in [3.05, 3.63) is 0 Å². The van der Waals surface area contributed by atoms with Gasteiger partial charge in [0.2, 0.25) is 0 Å². The van der Waals surface area contributed by atoms with Crippen LogP contribution in [0.5, 0.6) is 0 Å². The molecule has 0 bridgehead atoms. The summed E-state index contributed by atoms with van der Waals surface area (Å²) in [5, 5.41) is 0. The van der Waals surface area contributed by atoms with Gasteiger partial charge >= 0.3 is 0 Å². The van der Waals surface area contributed by atoms with E-state index in [1.54, 1.807) is 0 Å². The third-order valence-corrected chi connectivity index (χ3v) is 4.71. The summed E-state index contributed by atoms with van der Waals surface area (Å²) < 4.78 is 6.45. The maximum atomic E-state index is 6.45. The average Bonchev–Trinajstić information content (AvgIpc) is 2.13. The second-order valence-corrected chi connectivity index (χ2v) is 16.4. The fourth-order valence-corrected chi connectivity index (χ4v) is 4.29. The summed E-state index contributed by atoms with van der Waals surface area (Å²) in [5.74, 6) is 3.56. The van der Waals surface area contributed by atoms with Gasteiger partial charge in [-0.2, -0.15) is 0 Å². The molecule has 0 N–H and O–H groups in total. The lowest BCUT2D eigenvalue weighted by Crippen LogP contribution is -2.43. The minimum Gasteiger partial charge on any atom is -0.402 e. The SMILES string of the molecule is C[Si](C)(C)C#CC1(O[Si](C)(C)C)CCCCC1. The van der Waals surface area contributed by atoms with Crippen molar-refractivity contribution >= 4 is 16.4 Å². The van der Waals surface area contributed by atoms with E-state index in [-0.39, 0.29) is 5.60 Å². The van der Waals surface area contributed by atoms with Crippen LogP contribution in [-0.2, 0) is 4.43 Å². The van der Waals surface area contributed by atoms with Gasteiger partial charge in [0, 0.05) is 0 Å². The van der Waals surface area contributed by atoms with E-state index in [4.69, 9.17) is 4.43 Å². The molecule has 1 aliphatic rings. The summed E-state index contributed by atoms with van der Waals surface area (Å²) in [6.07, 6.45) is 6.21. The molecular weight excluding hydrogens is 240 g/mol. The van der Waals surface area contributed by atoms with Crippen molar-refractivity contribution in [3.63, 3.8) is 0 Å². The zero-order valence-corrected chi connectivity index (χ0v) is 14.4. The molecule has 1 nitrogen and oxygen atoms in total. The number of hydrogen-bond donors (Lipinski definition) is 0. The van der Waals surface area contributed by atoms with Crippen LogP contribution < -0.4 is 0 Å². The Labute approximate surface area is 109 Å². The van der Waals surface area contributed by atoms with E-state index in [2.05, 4.69) is 50.7 Å². The van der Waals surface area contributed by atoms with Crippen LogP contribution in [0, 0.1) is 11.5 Å². The third kappa shape index (κ3) is 5.90. The van der Waals surface area contributed by atoms with E-state index >= 15 is 0 Å². The molecule has 0 aromatic heterocycles. The average molecular weight is 269 g/mol. The van der Waals surface area contributed by atoms with Crippen LogP contribution in [0.1, 0.15) is 32.1 Å². The normalized spacial score (nSPS) is 20.6. The largest absolute Gasteiger partial charge is 0.402 e. The highest BCUT2D eigenvalue weighted by molar-refractivity contribution is 6.83. The molecule has 1 saturated carbocycles. The first kappa shape index (κ1) is 15.0. The predicted molar refractivity (Wildman–Crippen MR) is 81.4 cm³/mol. The molecule has 0 amide bonds. The molecule has 1 aliphatic carbocycles. The molecule has 0 aliphatic heterocycles. The Hall–Kier alpha value is -0.0462. The van der Waals surface area contributed by atoms with Crippen LogP contribution in [-0.4, -0.2) is 22.0 Å². The van der Waals surface area contributed by atoms with Crippen molar-refractivity contribution in [3.8, 4) is 11.5 Å². The molecule has 0 aromatic carbocycles. The Kier molecular flexibility index (Phi) is 4.68. The monoisotopic (exact) mass is 268 g/mol. The van der Waals surface area contributed by atoms with Crippen LogP contribution in [0.15, 0.2) is 0 Å². The van der Waals surface area contributed by atoms with Gasteiger partial charge in [-0.15, -0.1) is 5.54 Å².